The second kappa shape index (κ2) is 9.85. The summed E-state index contributed by atoms with van der Waals surface area (Å²) >= 11 is 0. The number of hydrogen-bond donors (Lipinski definition) is 2. The summed E-state index contributed by atoms with van der Waals surface area (Å²) in [4.78, 5) is 21.7. The van der Waals surface area contributed by atoms with Crippen molar-refractivity contribution < 1.29 is 24.2 Å². The lowest BCUT2D eigenvalue weighted by Crippen LogP contribution is -2.36. The maximum absolute atomic E-state index is 11.5. The normalized spacial score (nSPS) is 12.4. The predicted octanol–water partition coefficient (Wildman–Crippen LogP) is 0.655. The van der Waals surface area contributed by atoms with E-state index in [4.69, 9.17) is 14.6 Å². The standard InChI is InChI=1S/C12H23NO5/c1-9(2)4-6-18-10(3)12(16)13-5-7-17-8-11(14)15/h9-10H,4-8H2,1-3H3,(H,13,16)(H,14,15). The topological polar surface area (TPSA) is 84.9 Å². The molecule has 0 saturated heterocycles. The molecular weight excluding hydrogens is 238 g/mol. The van der Waals surface area contributed by atoms with Crippen LogP contribution >= 0.6 is 0 Å². The van der Waals surface area contributed by atoms with Gasteiger partial charge in [0.1, 0.15) is 12.7 Å². The number of rotatable bonds is 10. The molecule has 2 N–H and O–H groups in total. The number of carboxylic acids is 1. The van der Waals surface area contributed by atoms with E-state index in [9.17, 15) is 9.59 Å². The lowest BCUT2D eigenvalue weighted by atomic mass is 10.1. The second-order valence-corrected chi connectivity index (χ2v) is 4.43. The van der Waals surface area contributed by atoms with E-state index in [0.717, 1.165) is 6.42 Å². The van der Waals surface area contributed by atoms with Gasteiger partial charge in [-0.25, -0.2) is 4.79 Å². The highest BCUT2D eigenvalue weighted by molar-refractivity contribution is 5.80. The molecule has 0 rings (SSSR count). The quantitative estimate of drug-likeness (QED) is 0.564. The lowest BCUT2D eigenvalue weighted by Gasteiger charge is -2.14. The third kappa shape index (κ3) is 10.0. The van der Waals surface area contributed by atoms with Crippen LogP contribution in [0.1, 0.15) is 27.2 Å². The zero-order chi connectivity index (χ0) is 14.0. The van der Waals surface area contributed by atoms with Crippen molar-refractivity contribution in [1.82, 2.24) is 5.32 Å². The van der Waals surface area contributed by atoms with Crippen molar-refractivity contribution in [2.75, 3.05) is 26.4 Å². The molecule has 106 valence electrons. The zero-order valence-corrected chi connectivity index (χ0v) is 11.3. The van der Waals surface area contributed by atoms with Crippen molar-refractivity contribution in [3.05, 3.63) is 0 Å². The van der Waals surface area contributed by atoms with E-state index in [1.54, 1.807) is 6.92 Å². The maximum atomic E-state index is 11.5. The average Bonchev–Trinajstić information content (AvgIpc) is 2.27. The summed E-state index contributed by atoms with van der Waals surface area (Å²) in [6, 6.07) is 0. The monoisotopic (exact) mass is 261 g/mol. The minimum atomic E-state index is -1.02. The molecular formula is C12H23NO5. The Bertz CT molecular complexity index is 255. The summed E-state index contributed by atoms with van der Waals surface area (Å²) < 4.78 is 10.1. The summed E-state index contributed by atoms with van der Waals surface area (Å²) in [5.41, 5.74) is 0. The van der Waals surface area contributed by atoms with Crippen molar-refractivity contribution in [3.63, 3.8) is 0 Å². The summed E-state index contributed by atoms with van der Waals surface area (Å²) in [7, 11) is 0. The van der Waals surface area contributed by atoms with Crippen molar-refractivity contribution in [2.24, 2.45) is 5.92 Å². The number of carbonyl (C=O) groups excluding carboxylic acids is 1. The molecule has 0 aromatic carbocycles. The van der Waals surface area contributed by atoms with Crippen molar-refractivity contribution in [1.29, 1.82) is 0 Å². The largest absolute Gasteiger partial charge is 0.480 e. The molecule has 6 heteroatoms. The molecule has 0 spiro atoms. The molecule has 1 atom stereocenters. The minimum absolute atomic E-state index is 0.177. The van der Waals surface area contributed by atoms with Crippen LogP contribution < -0.4 is 5.32 Å². The molecule has 0 bridgehead atoms. The van der Waals surface area contributed by atoms with Gasteiger partial charge in [-0.2, -0.15) is 0 Å². The minimum Gasteiger partial charge on any atom is -0.480 e. The van der Waals surface area contributed by atoms with Crippen LogP contribution in [0.5, 0.6) is 0 Å². The molecule has 18 heavy (non-hydrogen) atoms. The Kier molecular flexibility index (Phi) is 9.22. The molecule has 0 fully saturated rings. The van der Waals surface area contributed by atoms with Crippen molar-refractivity contribution in [3.8, 4) is 0 Å². The van der Waals surface area contributed by atoms with Crippen LogP contribution in [-0.4, -0.2) is 49.5 Å². The third-order valence-corrected chi connectivity index (χ3v) is 2.20. The highest BCUT2D eigenvalue weighted by Crippen LogP contribution is 2.01. The Hall–Kier alpha value is -1.14. The number of hydrogen-bond acceptors (Lipinski definition) is 4. The first-order valence-electron chi connectivity index (χ1n) is 6.12. The summed E-state index contributed by atoms with van der Waals surface area (Å²) in [6.45, 7) is 6.54. The van der Waals surface area contributed by atoms with Crippen molar-refractivity contribution in [2.45, 2.75) is 33.3 Å². The first-order valence-corrected chi connectivity index (χ1v) is 6.12. The van der Waals surface area contributed by atoms with Gasteiger partial charge in [-0.05, 0) is 19.3 Å². The van der Waals surface area contributed by atoms with Crippen LogP contribution in [0.4, 0.5) is 0 Å². The smallest absolute Gasteiger partial charge is 0.329 e. The van der Waals surface area contributed by atoms with Gasteiger partial charge in [0.2, 0.25) is 5.91 Å². The van der Waals surface area contributed by atoms with E-state index in [1.807, 2.05) is 0 Å². The second-order valence-electron chi connectivity index (χ2n) is 4.43. The highest BCUT2D eigenvalue weighted by Gasteiger charge is 2.12. The number of carbonyl (C=O) groups is 2. The van der Waals surface area contributed by atoms with Crippen molar-refractivity contribution >= 4 is 11.9 Å². The Labute approximate surface area is 108 Å². The van der Waals surface area contributed by atoms with E-state index < -0.39 is 12.1 Å². The number of ether oxygens (including phenoxy) is 2. The number of aliphatic carboxylic acids is 1. The molecule has 0 aromatic rings. The maximum Gasteiger partial charge on any atom is 0.329 e. The predicted molar refractivity (Wildman–Crippen MR) is 66.3 cm³/mol. The Morgan fingerprint density at radius 3 is 2.44 bits per heavy atom. The molecule has 0 radical (unpaired) electrons. The molecule has 0 saturated carbocycles. The van der Waals surface area contributed by atoms with Gasteiger partial charge in [-0.3, -0.25) is 4.79 Å². The van der Waals surface area contributed by atoms with Crippen LogP contribution in [0.15, 0.2) is 0 Å². The number of nitrogens with one attached hydrogen (secondary N) is 1. The van der Waals surface area contributed by atoms with Crippen LogP contribution in [0.3, 0.4) is 0 Å². The summed E-state index contributed by atoms with van der Waals surface area (Å²) in [6.07, 6.45) is 0.419. The molecule has 0 aliphatic rings. The van der Waals surface area contributed by atoms with E-state index in [0.29, 0.717) is 12.5 Å². The molecule has 0 aromatic heterocycles. The Morgan fingerprint density at radius 2 is 1.89 bits per heavy atom. The van der Waals surface area contributed by atoms with Crippen LogP contribution in [-0.2, 0) is 19.1 Å². The van der Waals surface area contributed by atoms with Crippen LogP contribution in [0.25, 0.3) is 0 Å². The fourth-order valence-corrected chi connectivity index (χ4v) is 1.11. The van der Waals surface area contributed by atoms with Gasteiger partial charge in [-0.1, -0.05) is 13.8 Å². The molecule has 0 heterocycles. The van der Waals surface area contributed by atoms with Gasteiger partial charge < -0.3 is 19.9 Å². The SMILES string of the molecule is CC(C)CCOC(C)C(=O)NCCOCC(=O)O. The Balaban J connectivity index is 3.52. The number of amides is 1. The highest BCUT2D eigenvalue weighted by atomic mass is 16.5. The zero-order valence-electron chi connectivity index (χ0n) is 11.3. The lowest BCUT2D eigenvalue weighted by molar-refractivity contribution is -0.142. The van der Waals surface area contributed by atoms with Gasteiger partial charge in [-0.15, -0.1) is 0 Å². The third-order valence-electron chi connectivity index (χ3n) is 2.20. The number of carboxylic acid groups (broad SMARTS) is 1. The molecule has 0 aliphatic carbocycles. The van der Waals surface area contributed by atoms with Gasteiger partial charge in [0.05, 0.1) is 6.61 Å². The summed E-state index contributed by atoms with van der Waals surface area (Å²) in [5.74, 6) is -0.686. The van der Waals surface area contributed by atoms with Gasteiger partial charge >= 0.3 is 5.97 Å². The van der Waals surface area contributed by atoms with Gasteiger partial charge in [0.15, 0.2) is 0 Å². The fourth-order valence-electron chi connectivity index (χ4n) is 1.11. The fraction of sp³-hybridized carbons (Fsp3) is 0.833. The van der Waals surface area contributed by atoms with E-state index in [1.165, 1.54) is 0 Å². The molecule has 6 nitrogen and oxygen atoms in total. The molecule has 1 unspecified atom stereocenters. The molecule has 0 aliphatic heterocycles. The van der Waals surface area contributed by atoms with Crippen LogP contribution in [0.2, 0.25) is 0 Å². The van der Waals surface area contributed by atoms with E-state index in [2.05, 4.69) is 19.2 Å². The van der Waals surface area contributed by atoms with E-state index in [-0.39, 0.29) is 25.7 Å². The summed E-state index contributed by atoms with van der Waals surface area (Å²) in [5, 5.41) is 10.9. The molecule has 1 amide bonds. The van der Waals surface area contributed by atoms with Gasteiger partial charge in [0.25, 0.3) is 0 Å². The van der Waals surface area contributed by atoms with E-state index >= 15 is 0 Å². The average molecular weight is 261 g/mol. The Morgan fingerprint density at radius 1 is 1.22 bits per heavy atom. The first-order chi connectivity index (χ1) is 8.43. The van der Waals surface area contributed by atoms with Gasteiger partial charge in [0, 0.05) is 13.2 Å². The van der Waals surface area contributed by atoms with Crippen LogP contribution in [0, 0.1) is 5.92 Å². The first kappa shape index (κ1) is 16.9.